The Hall–Kier alpha value is -2.17. The van der Waals surface area contributed by atoms with Gasteiger partial charge >= 0.3 is 6.18 Å². The number of nitrogens with one attached hydrogen (secondary N) is 1. The van der Waals surface area contributed by atoms with Gasteiger partial charge in [-0.2, -0.15) is 13.2 Å². The third-order valence-electron chi connectivity index (χ3n) is 6.26. The molecule has 2 aromatic rings. The SMILES string of the molecule is CC1(c2cc(Cl)c(F)c(Cl)c2)CC(c2sc(C(=O)CCC(=O)NCC(F)(F)F)c3c2CCCC3)=NO1. The Morgan fingerprint density at radius 2 is 1.78 bits per heavy atom. The monoisotopic (exact) mass is 564 g/mol. The van der Waals surface area contributed by atoms with Gasteiger partial charge in [0.1, 0.15) is 12.3 Å². The van der Waals surface area contributed by atoms with Crippen LogP contribution in [-0.4, -0.2) is 30.1 Å². The van der Waals surface area contributed by atoms with E-state index in [2.05, 4.69) is 5.16 Å². The van der Waals surface area contributed by atoms with Crippen molar-refractivity contribution in [2.75, 3.05) is 6.54 Å². The molecule has 12 heteroatoms. The Bertz CT molecular complexity index is 1220. The summed E-state index contributed by atoms with van der Waals surface area (Å²) in [4.78, 5) is 31.8. The maximum absolute atomic E-state index is 13.9. The first-order chi connectivity index (χ1) is 16.9. The third kappa shape index (κ3) is 5.70. The molecule has 0 spiro atoms. The van der Waals surface area contributed by atoms with E-state index in [4.69, 9.17) is 28.0 Å². The van der Waals surface area contributed by atoms with Crippen LogP contribution in [0.5, 0.6) is 0 Å². The zero-order valence-electron chi connectivity index (χ0n) is 19.2. The van der Waals surface area contributed by atoms with Crippen molar-refractivity contribution in [3.63, 3.8) is 0 Å². The van der Waals surface area contributed by atoms with Crippen LogP contribution < -0.4 is 5.32 Å². The van der Waals surface area contributed by atoms with Crippen molar-refractivity contribution in [3.8, 4) is 0 Å². The van der Waals surface area contributed by atoms with Crippen LogP contribution in [0.4, 0.5) is 17.6 Å². The van der Waals surface area contributed by atoms with Crippen LogP contribution in [0.1, 0.15) is 70.3 Å². The molecule has 0 radical (unpaired) electrons. The number of nitrogens with zero attached hydrogens (tertiary/aromatic N) is 1. The Labute approximate surface area is 218 Å². The first-order valence-corrected chi connectivity index (χ1v) is 12.9. The van der Waals surface area contributed by atoms with Crippen LogP contribution in [0.3, 0.4) is 0 Å². The highest BCUT2D eigenvalue weighted by atomic mass is 35.5. The van der Waals surface area contributed by atoms with Crippen LogP contribution >= 0.6 is 34.5 Å². The lowest BCUT2D eigenvalue weighted by atomic mass is 9.87. The van der Waals surface area contributed by atoms with Gasteiger partial charge in [0, 0.05) is 24.8 Å². The minimum absolute atomic E-state index is 0.128. The average molecular weight is 565 g/mol. The van der Waals surface area contributed by atoms with E-state index in [-0.39, 0.29) is 28.7 Å². The summed E-state index contributed by atoms with van der Waals surface area (Å²) in [7, 11) is 0. The van der Waals surface area contributed by atoms with E-state index >= 15 is 0 Å². The summed E-state index contributed by atoms with van der Waals surface area (Å²) in [6.45, 7) is 0.358. The molecular weight excluding hydrogens is 543 g/mol. The number of fused-ring (bicyclic) bond motifs is 1. The highest BCUT2D eigenvalue weighted by Crippen LogP contribution is 2.43. The molecule has 194 valence electrons. The van der Waals surface area contributed by atoms with Crippen LogP contribution in [0, 0.1) is 5.82 Å². The predicted molar refractivity (Wildman–Crippen MR) is 130 cm³/mol. The molecule has 0 bridgehead atoms. The van der Waals surface area contributed by atoms with E-state index in [0.717, 1.165) is 35.3 Å². The molecular formula is C24H22Cl2F4N2O3S. The normalized spacial score (nSPS) is 19.5. The second-order valence-electron chi connectivity index (χ2n) is 9.03. The topological polar surface area (TPSA) is 67.8 Å². The lowest BCUT2D eigenvalue weighted by Crippen LogP contribution is -2.33. The number of carbonyl (C=O) groups is 2. The van der Waals surface area contributed by atoms with Gasteiger partial charge in [0.05, 0.1) is 19.8 Å². The number of oxime groups is 1. The molecule has 1 N–H and O–H groups in total. The Kier molecular flexibility index (Phi) is 7.69. The molecule has 5 nitrogen and oxygen atoms in total. The molecule has 0 saturated carbocycles. The van der Waals surface area contributed by atoms with Gasteiger partial charge in [-0.1, -0.05) is 28.4 Å². The summed E-state index contributed by atoms with van der Waals surface area (Å²) < 4.78 is 50.8. The first kappa shape index (κ1) is 26.9. The molecule has 4 rings (SSSR count). The summed E-state index contributed by atoms with van der Waals surface area (Å²) in [6.07, 6.45) is -1.39. The van der Waals surface area contributed by atoms with E-state index in [1.165, 1.54) is 23.5 Å². The number of rotatable bonds is 7. The Morgan fingerprint density at radius 3 is 2.42 bits per heavy atom. The van der Waals surface area contributed by atoms with Gasteiger partial charge in [0.15, 0.2) is 17.2 Å². The Balaban J connectivity index is 1.53. The summed E-state index contributed by atoms with van der Waals surface area (Å²) in [6, 6.07) is 2.90. The number of thiophene rings is 1. The van der Waals surface area contributed by atoms with Gasteiger partial charge in [-0.25, -0.2) is 4.39 Å². The molecule has 0 saturated heterocycles. The number of hydrogen-bond donors (Lipinski definition) is 1. The van der Waals surface area contributed by atoms with Crippen molar-refractivity contribution in [1.82, 2.24) is 5.32 Å². The molecule has 1 aliphatic carbocycles. The van der Waals surface area contributed by atoms with Gasteiger partial charge in [-0.05, 0) is 55.9 Å². The second kappa shape index (κ2) is 10.3. The van der Waals surface area contributed by atoms with Crippen LogP contribution in [0.2, 0.25) is 10.0 Å². The minimum Gasteiger partial charge on any atom is -0.384 e. The fourth-order valence-corrected chi connectivity index (χ4v) is 6.23. The number of ketones is 1. The number of benzene rings is 1. The van der Waals surface area contributed by atoms with Crippen molar-refractivity contribution in [2.24, 2.45) is 5.16 Å². The quantitative estimate of drug-likeness (QED) is 0.229. The second-order valence-corrected chi connectivity index (χ2v) is 10.9. The van der Waals surface area contributed by atoms with E-state index in [9.17, 15) is 27.2 Å². The van der Waals surface area contributed by atoms with E-state index in [0.29, 0.717) is 29.0 Å². The van der Waals surface area contributed by atoms with Gasteiger partial charge in [0.2, 0.25) is 5.91 Å². The number of amides is 1. The summed E-state index contributed by atoms with van der Waals surface area (Å²) >= 11 is 13.2. The van der Waals surface area contributed by atoms with E-state index < -0.39 is 30.0 Å². The fraction of sp³-hybridized carbons (Fsp3) is 0.458. The third-order valence-corrected chi connectivity index (χ3v) is 8.17. The van der Waals surface area contributed by atoms with Gasteiger partial charge < -0.3 is 10.2 Å². The molecule has 1 amide bonds. The lowest BCUT2D eigenvalue weighted by Gasteiger charge is -2.22. The van der Waals surface area contributed by atoms with Crippen LogP contribution in [0.15, 0.2) is 17.3 Å². The standard InChI is InChI=1S/C24H22Cl2F4N2O3S/c1-23(12-8-15(25)20(27)16(26)9-12)10-17(32-35-23)21-13-4-2-3-5-14(13)22(36-21)18(33)6-7-19(34)31-11-24(28,29)30/h8-9H,2-7,10-11H2,1H3,(H,31,34). The number of hydrogen-bond acceptors (Lipinski definition) is 5. The number of carbonyl (C=O) groups excluding carboxylic acids is 2. The highest BCUT2D eigenvalue weighted by molar-refractivity contribution is 7.16. The number of alkyl halides is 3. The van der Waals surface area contributed by atoms with E-state index in [1.54, 1.807) is 12.2 Å². The molecule has 1 aliphatic heterocycles. The van der Waals surface area contributed by atoms with E-state index in [1.807, 2.05) is 0 Å². The van der Waals surface area contributed by atoms with Gasteiger partial charge in [0.25, 0.3) is 0 Å². The zero-order chi connectivity index (χ0) is 26.3. The molecule has 1 atom stereocenters. The van der Waals surface area contributed by atoms with Crippen molar-refractivity contribution in [1.29, 1.82) is 0 Å². The summed E-state index contributed by atoms with van der Waals surface area (Å²) in [5.74, 6) is -1.83. The average Bonchev–Trinajstić information content (AvgIpc) is 3.40. The van der Waals surface area contributed by atoms with Crippen molar-refractivity contribution in [2.45, 2.75) is 63.6 Å². The van der Waals surface area contributed by atoms with Crippen molar-refractivity contribution in [3.05, 3.63) is 54.4 Å². The van der Waals surface area contributed by atoms with Crippen LogP contribution in [-0.2, 0) is 28.1 Å². The van der Waals surface area contributed by atoms with Gasteiger partial charge in [-0.3, -0.25) is 9.59 Å². The maximum atomic E-state index is 13.9. The molecule has 36 heavy (non-hydrogen) atoms. The smallest absolute Gasteiger partial charge is 0.384 e. The Morgan fingerprint density at radius 1 is 1.14 bits per heavy atom. The lowest BCUT2D eigenvalue weighted by molar-refractivity contribution is -0.138. The molecule has 2 heterocycles. The summed E-state index contributed by atoms with van der Waals surface area (Å²) in [5.41, 5.74) is 2.18. The van der Waals surface area contributed by atoms with Gasteiger partial charge in [-0.15, -0.1) is 11.3 Å². The number of halogens is 6. The molecule has 1 unspecified atom stereocenters. The van der Waals surface area contributed by atoms with Crippen LogP contribution in [0.25, 0.3) is 0 Å². The first-order valence-electron chi connectivity index (χ1n) is 11.3. The largest absolute Gasteiger partial charge is 0.405 e. The minimum atomic E-state index is -4.51. The highest BCUT2D eigenvalue weighted by Gasteiger charge is 2.40. The molecule has 0 fully saturated rings. The molecule has 1 aromatic heterocycles. The summed E-state index contributed by atoms with van der Waals surface area (Å²) in [5, 5.41) is 5.82. The molecule has 1 aromatic carbocycles. The fourth-order valence-electron chi connectivity index (χ4n) is 4.40. The van der Waals surface area contributed by atoms with Crippen molar-refractivity contribution >= 4 is 51.9 Å². The van der Waals surface area contributed by atoms with Crippen molar-refractivity contribution < 1.29 is 32.0 Å². The predicted octanol–water partition coefficient (Wildman–Crippen LogP) is 6.75. The zero-order valence-corrected chi connectivity index (χ0v) is 21.5. The number of Topliss-reactive ketones (excluding diaryl/α,β-unsaturated/α-hetero) is 1. The molecule has 2 aliphatic rings. The maximum Gasteiger partial charge on any atom is 0.405 e.